The molecule has 0 saturated heterocycles. The molecule has 148 valence electrons. The normalized spacial score (nSPS) is 11.3. The van der Waals surface area contributed by atoms with E-state index in [2.05, 4.69) is 45.9 Å². The molecule has 0 saturated carbocycles. The highest BCUT2D eigenvalue weighted by molar-refractivity contribution is 6.07. The zero-order valence-corrected chi connectivity index (χ0v) is 16.7. The maximum Gasteiger partial charge on any atom is 0.253 e. The van der Waals surface area contributed by atoms with Crippen LogP contribution in [0.1, 0.15) is 35.3 Å². The Kier molecular flexibility index (Phi) is 5.42. The van der Waals surface area contributed by atoms with Crippen LogP contribution in [0.15, 0.2) is 67.4 Å². The van der Waals surface area contributed by atoms with Crippen molar-refractivity contribution in [2.45, 2.75) is 33.5 Å². The van der Waals surface area contributed by atoms with Gasteiger partial charge in [0.1, 0.15) is 12.7 Å². The number of hydrogen-bond acceptors (Lipinski definition) is 3. The summed E-state index contributed by atoms with van der Waals surface area (Å²) in [6.45, 7) is 6.34. The molecule has 0 aliphatic carbocycles. The third-order valence-corrected chi connectivity index (χ3v) is 4.95. The molecule has 4 rings (SSSR count). The molecule has 4 aromatic rings. The van der Waals surface area contributed by atoms with E-state index in [1.165, 1.54) is 6.33 Å². The minimum atomic E-state index is -0.0562. The molecule has 0 fully saturated rings. The second-order valence-electron chi connectivity index (χ2n) is 7.65. The molecule has 0 radical (unpaired) electrons. The molecular weight excluding hydrogens is 362 g/mol. The smallest absolute Gasteiger partial charge is 0.253 e. The van der Waals surface area contributed by atoms with Crippen molar-refractivity contribution in [3.05, 3.63) is 84.1 Å². The van der Waals surface area contributed by atoms with Gasteiger partial charge in [-0.15, -0.1) is 0 Å². The lowest BCUT2D eigenvalue weighted by Gasteiger charge is -2.10. The molecule has 29 heavy (non-hydrogen) atoms. The third kappa shape index (κ3) is 4.21. The fourth-order valence-electron chi connectivity index (χ4n) is 3.62. The number of para-hydroxylation sites is 1. The average Bonchev–Trinajstić information content (AvgIpc) is 3.35. The van der Waals surface area contributed by atoms with Crippen LogP contribution in [0.5, 0.6) is 0 Å². The van der Waals surface area contributed by atoms with Gasteiger partial charge in [-0.2, -0.15) is 5.10 Å². The number of carbonyl (C=O) groups excluding carboxylic acids is 1. The second-order valence-corrected chi connectivity index (χ2v) is 7.65. The monoisotopic (exact) mass is 387 g/mol. The topological polar surface area (TPSA) is 64.7 Å². The highest BCUT2D eigenvalue weighted by Crippen LogP contribution is 2.22. The van der Waals surface area contributed by atoms with E-state index in [1.54, 1.807) is 11.0 Å². The number of rotatable bonds is 7. The summed E-state index contributed by atoms with van der Waals surface area (Å²) in [6.07, 6.45) is 5.19. The van der Waals surface area contributed by atoms with Crippen molar-refractivity contribution in [3.8, 4) is 0 Å². The maximum absolute atomic E-state index is 13.0. The molecule has 0 spiro atoms. The molecule has 0 aliphatic heterocycles. The average molecular weight is 387 g/mol. The van der Waals surface area contributed by atoms with E-state index in [4.69, 9.17) is 0 Å². The number of amides is 1. The number of carbonyl (C=O) groups is 1. The van der Waals surface area contributed by atoms with Crippen LogP contribution in [0.2, 0.25) is 0 Å². The Bertz CT molecular complexity index is 1110. The molecule has 0 unspecified atom stereocenters. The van der Waals surface area contributed by atoms with Gasteiger partial charge >= 0.3 is 0 Å². The lowest BCUT2D eigenvalue weighted by Crippen LogP contribution is -2.23. The van der Waals surface area contributed by atoms with E-state index in [9.17, 15) is 4.79 Å². The zero-order valence-electron chi connectivity index (χ0n) is 16.7. The molecule has 0 atom stereocenters. The van der Waals surface area contributed by atoms with Gasteiger partial charge in [-0.1, -0.05) is 56.3 Å². The molecule has 2 heterocycles. The van der Waals surface area contributed by atoms with Crippen molar-refractivity contribution in [3.63, 3.8) is 0 Å². The molecule has 2 aromatic carbocycles. The van der Waals surface area contributed by atoms with Gasteiger partial charge in [-0.05, 0) is 23.1 Å². The molecule has 6 nitrogen and oxygen atoms in total. The Labute approximate surface area is 170 Å². The number of benzene rings is 2. The van der Waals surface area contributed by atoms with Crippen molar-refractivity contribution in [2.75, 3.05) is 0 Å². The van der Waals surface area contributed by atoms with Gasteiger partial charge < -0.3 is 9.88 Å². The van der Waals surface area contributed by atoms with Crippen LogP contribution in [-0.4, -0.2) is 25.2 Å². The van der Waals surface area contributed by atoms with Crippen molar-refractivity contribution in [1.82, 2.24) is 24.6 Å². The Morgan fingerprint density at radius 1 is 1.07 bits per heavy atom. The van der Waals surface area contributed by atoms with Crippen molar-refractivity contribution < 1.29 is 4.79 Å². The summed E-state index contributed by atoms with van der Waals surface area (Å²) in [4.78, 5) is 17.0. The van der Waals surface area contributed by atoms with Gasteiger partial charge in [0, 0.05) is 30.2 Å². The minimum Gasteiger partial charge on any atom is -0.348 e. The van der Waals surface area contributed by atoms with Gasteiger partial charge in [0.15, 0.2) is 0 Å². The molecule has 1 N–H and O–H groups in total. The lowest BCUT2D eigenvalue weighted by atomic mass is 10.1. The third-order valence-electron chi connectivity index (χ3n) is 4.95. The Morgan fingerprint density at radius 3 is 2.59 bits per heavy atom. The van der Waals surface area contributed by atoms with Crippen molar-refractivity contribution in [2.24, 2.45) is 5.92 Å². The Morgan fingerprint density at radius 2 is 1.83 bits per heavy atom. The molecule has 1 amide bonds. The molecule has 6 heteroatoms. The van der Waals surface area contributed by atoms with Crippen LogP contribution in [0.4, 0.5) is 0 Å². The standard InChI is InChI=1S/C23H25N5O/c1-17(2)12-27-14-21(20-9-5-6-10-22(20)27)23(29)25-11-18-7-3-4-8-19(18)13-28-16-24-15-26-28/h3-10,14-17H,11-13H2,1-2H3,(H,25,29). The van der Waals surface area contributed by atoms with E-state index >= 15 is 0 Å². The number of nitrogens with zero attached hydrogens (tertiary/aromatic N) is 4. The highest BCUT2D eigenvalue weighted by Gasteiger charge is 2.15. The number of aromatic nitrogens is 4. The largest absolute Gasteiger partial charge is 0.348 e. The van der Waals surface area contributed by atoms with Crippen LogP contribution in [0, 0.1) is 5.92 Å². The van der Waals surface area contributed by atoms with E-state index in [0.29, 0.717) is 19.0 Å². The Hall–Kier alpha value is -3.41. The SMILES string of the molecule is CC(C)Cn1cc(C(=O)NCc2ccccc2Cn2cncn2)c2ccccc21. The van der Waals surface area contributed by atoms with Gasteiger partial charge in [-0.25, -0.2) is 9.67 Å². The number of hydrogen-bond donors (Lipinski definition) is 1. The molecule has 2 aromatic heterocycles. The zero-order chi connectivity index (χ0) is 20.2. The van der Waals surface area contributed by atoms with E-state index in [1.807, 2.05) is 42.6 Å². The summed E-state index contributed by atoms with van der Waals surface area (Å²) >= 11 is 0. The lowest BCUT2D eigenvalue weighted by molar-refractivity contribution is 0.0952. The van der Waals surface area contributed by atoms with Crippen LogP contribution < -0.4 is 5.32 Å². The van der Waals surface area contributed by atoms with Gasteiger partial charge in [-0.3, -0.25) is 4.79 Å². The summed E-state index contributed by atoms with van der Waals surface area (Å²) in [7, 11) is 0. The maximum atomic E-state index is 13.0. The van der Waals surface area contributed by atoms with E-state index in [-0.39, 0.29) is 5.91 Å². The summed E-state index contributed by atoms with van der Waals surface area (Å²) < 4.78 is 3.95. The second kappa shape index (κ2) is 8.31. The van der Waals surface area contributed by atoms with E-state index < -0.39 is 0 Å². The number of fused-ring (bicyclic) bond motifs is 1. The molecular formula is C23H25N5O. The van der Waals surface area contributed by atoms with Gasteiger partial charge in [0.25, 0.3) is 5.91 Å². The predicted octanol–water partition coefficient (Wildman–Crippen LogP) is 3.87. The van der Waals surface area contributed by atoms with Gasteiger partial charge in [0.2, 0.25) is 0 Å². The first-order chi connectivity index (χ1) is 14.1. The number of nitrogens with one attached hydrogen (secondary N) is 1. The van der Waals surface area contributed by atoms with Gasteiger partial charge in [0.05, 0.1) is 12.1 Å². The first kappa shape index (κ1) is 18.9. The quantitative estimate of drug-likeness (QED) is 0.524. The van der Waals surface area contributed by atoms with Crippen LogP contribution >= 0.6 is 0 Å². The Balaban J connectivity index is 1.54. The fourth-order valence-corrected chi connectivity index (χ4v) is 3.62. The van der Waals surface area contributed by atoms with Crippen LogP contribution in [-0.2, 0) is 19.6 Å². The fraction of sp³-hybridized carbons (Fsp3) is 0.261. The summed E-state index contributed by atoms with van der Waals surface area (Å²) in [5.74, 6) is 0.449. The van der Waals surface area contributed by atoms with Crippen LogP contribution in [0.3, 0.4) is 0 Å². The summed E-state index contributed by atoms with van der Waals surface area (Å²) in [5, 5.41) is 8.26. The minimum absolute atomic E-state index is 0.0562. The predicted molar refractivity (Wildman–Crippen MR) is 114 cm³/mol. The van der Waals surface area contributed by atoms with Crippen molar-refractivity contribution in [1.29, 1.82) is 0 Å². The molecule has 0 bridgehead atoms. The first-order valence-electron chi connectivity index (χ1n) is 9.87. The van der Waals surface area contributed by atoms with Crippen LogP contribution in [0.25, 0.3) is 10.9 Å². The first-order valence-corrected chi connectivity index (χ1v) is 9.87. The molecule has 0 aliphatic rings. The summed E-state index contributed by atoms with van der Waals surface area (Å²) in [6, 6.07) is 16.2. The highest BCUT2D eigenvalue weighted by atomic mass is 16.1. The summed E-state index contributed by atoms with van der Waals surface area (Å²) in [5.41, 5.74) is 4.00. The van der Waals surface area contributed by atoms with Crippen molar-refractivity contribution >= 4 is 16.8 Å². The van der Waals surface area contributed by atoms with E-state index in [0.717, 1.165) is 34.1 Å².